The zero-order valence-electron chi connectivity index (χ0n) is 9.78. The highest BCUT2D eigenvalue weighted by Crippen LogP contribution is 2.30. The highest BCUT2D eigenvalue weighted by Gasteiger charge is 2.20. The fraction of sp³-hybridized carbons (Fsp3) is 0.273. The quantitative estimate of drug-likeness (QED) is 0.919. The molecule has 0 aliphatic carbocycles. The molecule has 0 bridgehead atoms. The third-order valence-corrected chi connectivity index (χ3v) is 3.26. The highest BCUT2D eigenvalue weighted by molar-refractivity contribution is 9.10. The fourth-order valence-electron chi connectivity index (χ4n) is 1.42. The summed E-state index contributed by atoms with van der Waals surface area (Å²) in [6.07, 6.45) is 1.67. The Balaban J connectivity index is 2.53. The summed E-state index contributed by atoms with van der Waals surface area (Å²) in [5.41, 5.74) is 6.48. The first-order valence-electron chi connectivity index (χ1n) is 5.15. The van der Waals surface area contributed by atoms with E-state index in [1.807, 2.05) is 13.8 Å². The first-order valence-corrected chi connectivity index (χ1v) is 6.33. The van der Waals surface area contributed by atoms with Crippen LogP contribution in [-0.2, 0) is 5.54 Å². The number of halogens is 3. The second-order valence-corrected chi connectivity index (χ2v) is 5.75. The molecule has 0 atom stereocenters. The third kappa shape index (κ3) is 2.55. The van der Waals surface area contributed by atoms with Gasteiger partial charge in [-0.05, 0) is 41.9 Å². The minimum Gasteiger partial charge on any atom is -0.320 e. The number of aromatic nitrogens is 3. The molecular weight excluding hydrogens is 323 g/mol. The summed E-state index contributed by atoms with van der Waals surface area (Å²) in [6, 6.07) is 2.53. The van der Waals surface area contributed by atoms with Crippen molar-refractivity contribution < 1.29 is 4.39 Å². The topological polar surface area (TPSA) is 56.7 Å². The van der Waals surface area contributed by atoms with Gasteiger partial charge in [-0.25, -0.2) is 9.07 Å². The Labute approximate surface area is 117 Å². The lowest BCUT2D eigenvalue weighted by atomic mass is 10.0. The molecule has 0 fully saturated rings. The van der Waals surface area contributed by atoms with Crippen LogP contribution in [0.5, 0.6) is 0 Å². The molecule has 1 aromatic carbocycles. The Morgan fingerprint density at radius 1 is 1.44 bits per heavy atom. The molecule has 0 aliphatic rings. The van der Waals surface area contributed by atoms with Crippen LogP contribution in [-0.4, -0.2) is 15.0 Å². The highest BCUT2D eigenvalue weighted by atomic mass is 79.9. The molecule has 0 spiro atoms. The molecule has 0 saturated heterocycles. The molecule has 0 radical (unpaired) electrons. The molecule has 96 valence electrons. The molecule has 2 N–H and O–H groups in total. The van der Waals surface area contributed by atoms with E-state index in [0.29, 0.717) is 15.9 Å². The molecule has 18 heavy (non-hydrogen) atoms. The van der Waals surface area contributed by atoms with Crippen molar-refractivity contribution in [2.75, 3.05) is 0 Å². The van der Waals surface area contributed by atoms with Gasteiger partial charge in [-0.1, -0.05) is 16.8 Å². The van der Waals surface area contributed by atoms with E-state index in [4.69, 9.17) is 17.3 Å². The number of nitrogens with two attached hydrogens (primary N) is 1. The van der Waals surface area contributed by atoms with E-state index in [1.54, 1.807) is 6.20 Å². The van der Waals surface area contributed by atoms with Crippen LogP contribution < -0.4 is 5.73 Å². The molecule has 0 unspecified atom stereocenters. The molecular formula is C11H11BrClFN4. The molecule has 1 aromatic heterocycles. The van der Waals surface area contributed by atoms with Crippen molar-refractivity contribution in [2.24, 2.45) is 5.73 Å². The van der Waals surface area contributed by atoms with Gasteiger partial charge in [0, 0.05) is 4.47 Å². The van der Waals surface area contributed by atoms with E-state index in [2.05, 4.69) is 26.2 Å². The third-order valence-electron chi connectivity index (χ3n) is 2.36. The lowest BCUT2D eigenvalue weighted by Crippen LogP contribution is -2.29. The van der Waals surface area contributed by atoms with Gasteiger partial charge in [0.1, 0.15) is 11.5 Å². The normalized spacial score (nSPS) is 11.9. The summed E-state index contributed by atoms with van der Waals surface area (Å²) in [4.78, 5) is 0. The predicted octanol–water partition coefficient (Wildman–Crippen LogP) is 3.02. The minimum atomic E-state index is -0.600. The first kappa shape index (κ1) is 13.5. The Morgan fingerprint density at radius 3 is 2.61 bits per heavy atom. The standard InChI is InChI=1S/C11H11BrClFN4/c1-11(2,15)9-5-18(17-16-9)10-7(12)3-6(14)4-8(10)13/h3-5H,15H2,1-2H3. The Bertz CT molecular complexity index is 568. The van der Waals surface area contributed by atoms with E-state index in [0.717, 1.165) is 0 Å². The van der Waals surface area contributed by atoms with E-state index in [9.17, 15) is 4.39 Å². The van der Waals surface area contributed by atoms with E-state index in [1.165, 1.54) is 16.8 Å². The lowest BCUT2D eigenvalue weighted by Gasteiger charge is -2.13. The molecule has 0 amide bonds. The Kier molecular flexibility index (Phi) is 3.44. The number of benzene rings is 1. The van der Waals surface area contributed by atoms with Gasteiger partial charge in [0.25, 0.3) is 0 Å². The summed E-state index contributed by atoms with van der Waals surface area (Å²) in [7, 11) is 0. The fourth-order valence-corrected chi connectivity index (χ4v) is 2.44. The van der Waals surface area contributed by atoms with E-state index in [-0.39, 0.29) is 5.02 Å². The average molecular weight is 334 g/mol. The zero-order chi connectivity index (χ0) is 13.5. The van der Waals surface area contributed by atoms with Crippen LogP contribution in [0.25, 0.3) is 5.69 Å². The van der Waals surface area contributed by atoms with Crippen LogP contribution in [0, 0.1) is 5.82 Å². The maximum Gasteiger partial charge on any atom is 0.125 e. The summed E-state index contributed by atoms with van der Waals surface area (Å²) in [5, 5.41) is 8.18. The average Bonchev–Trinajstić information content (AvgIpc) is 2.64. The number of rotatable bonds is 2. The van der Waals surface area contributed by atoms with Gasteiger partial charge in [-0.2, -0.15) is 0 Å². The van der Waals surface area contributed by atoms with Crippen molar-refractivity contribution in [1.82, 2.24) is 15.0 Å². The molecule has 0 aliphatic heterocycles. The summed E-state index contributed by atoms with van der Waals surface area (Å²) in [6.45, 7) is 3.64. The van der Waals surface area contributed by atoms with Gasteiger partial charge in [-0.3, -0.25) is 0 Å². The first-order chi connectivity index (χ1) is 8.29. The maximum absolute atomic E-state index is 13.1. The van der Waals surface area contributed by atoms with Crippen LogP contribution in [0.15, 0.2) is 22.8 Å². The summed E-state index contributed by atoms with van der Waals surface area (Å²) < 4.78 is 15.1. The predicted molar refractivity (Wildman–Crippen MR) is 71.2 cm³/mol. The van der Waals surface area contributed by atoms with E-state index >= 15 is 0 Å². The monoisotopic (exact) mass is 332 g/mol. The molecule has 2 aromatic rings. The molecule has 1 heterocycles. The second-order valence-electron chi connectivity index (χ2n) is 4.49. The molecule has 2 rings (SSSR count). The SMILES string of the molecule is CC(C)(N)c1cn(-c2c(Cl)cc(F)cc2Br)nn1. The molecule has 4 nitrogen and oxygen atoms in total. The number of hydrogen-bond acceptors (Lipinski definition) is 3. The number of hydrogen-bond donors (Lipinski definition) is 1. The summed E-state index contributed by atoms with van der Waals surface area (Å²) >= 11 is 9.25. The lowest BCUT2D eigenvalue weighted by molar-refractivity contribution is 0.533. The van der Waals surface area contributed by atoms with Gasteiger partial charge in [0.15, 0.2) is 0 Å². The van der Waals surface area contributed by atoms with Crippen LogP contribution in [0.3, 0.4) is 0 Å². The maximum atomic E-state index is 13.1. The molecule has 0 saturated carbocycles. The second kappa shape index (κ2) is 4.60. The Hall–Kier alpha value is -0.980. The molecule has 7 heteroatoms. The van der Waals surface area contributed by atoms with Crippen molar-refractivity contribution in [1.29, 1.82) is 0 Å². The van der Waals surface area contributed by atoms with Crippen LogP contribution in [0.2, 0.25) is 5.02 Å². The van der Waals surface area contributed by atoms with Gasteiger partial charge >= 0.3 is 0 Å². The minimum absolute atomic E-state index is 0.244. The van der Waals surface area contributed by atoms with Crippen LogP contribution in [0.1, 0.15) is 19.5 Å². The van der Waals surface area contributed by atoms with Crippen molar-refractivity contribution in [3.8, 4) is 5.69 Å². The zero-order valence-corrected chi connectivity index (χ0v) is 12.1. The van der Waals surface area contributed by atoms with Crippen molar-refractivity contribution in [3.63, 3.8) is 0 Å². The van der Waals surface area contributed by atoms with E-state index < -0.39 is 11.4 Å². The Morgan fingerprint density at radius 2 is 2.11 bits per heavy atom. The number of nitrogens with zero attached hydrogens (tertiary/aromatic N) is 3. The van der Waals surface area contributed by atoms with Crippen LogP contribution in [0.4, 0.5) is 4.39 Å². The van der Waals surface area contributed by atoms with Gasteiger partial charge < -0.3 is 5.73 Å². The van der Waals surface area contributed by atoms with Gasteiger partial charge in [0.05, 0.1) is 22.4 Å². The van der Waals surface area contributed by atoms with Crippen molar-refractivity contribution in [3.05, 3.63) is 39.3 Å². The van der Waals surface area contributed by atoms with Gasteiger partial charge in [-0.15, -0.1) is 5.10 Å². The van der Waals surface area contributed by atoms with Crippen LogP contribution >= 0.6 is 27.5 Å². The summed E-state index contributed by atoms with van der Waals surface area (Å²) in [5.74, 6) is -0.421. The van der Waals surface area contributed by atoms with Crippen molar-refractivity contribution in [2.45, 2.75) is 19.4 Å². The van der Waals surface area contributed by atoms with Crippen molar-refractivity contribution >= 4 is 27.5 Å². The van der Waals surface area contributed by atoms with Gasteiger partial charge in [0.2, 0.25) is 0 Å². The largest absolute Gasteiger partial charge is 0.320 e. The smallest absolute Gasteiger partial charge is 0.125 e.